The van der Waals surface area contributed by atoms with Crippen LogP contribution in [0.15, 0.2) is 16.8 Å². The van der Waals surface area contributed by atoms with Crippen molar-refractivity contribution < 1.29 is 0 Å². The van der Waals surface area contributed by atoms with Gasteiger partial charge in [0, 0.05) is 37.2 Å². The lowest BCUT2D eigenvalue weighted by atomic mass is 10.2. The molecular formula is C13H22N2S2. The first-order chi connectivity index (χ1) is 8.34. The SMILES string of the molecule is CC1CN(CCNCCc2ccsc2)CCS1. The molecule has 1 N–H and O–H groups in total. The molecule has 1 saturated heterocycles. The number of rotatable bonds is 6. The van der Waals surface area contributed by atoms with Crippen LogP contribution in [0.3, 0.4) is 0 Å². The number of thiophene rings is 1. The summed E-state index contributed by atoms with van der Waals surface area (Å²) in [6, 6.07) is 2.22. The molecule has 1 atom stereocenters. The molecule has 17 heavy (non-hydrogen) atoms. The number of thioether (sulfide) groups is 1. The molecule has 0 spiro atoms. The van der Waals surface area contributed by atoms with Crippen molar-refractivity contribution in [2.75, 3.05) is 38.5 Å². The molecule has 1 fully saturated rings. The first kappa shape index (κ1) is 13.4. The van der Waals surface area contributed by atoms with Gasteiger partial charge in [-0.2, -0.15) is 23.1 Å². The van der Waals surface area contributed by atoms with Gasteiger partial charge >= 0.3 is 0 Å². The van der Waals surface area contributed by atoms with Crippen LogP contribution in [0.25, 0.3) is 0 Å². The van der Waals surface area contributed by atoms with Crippen LogP contribution in [-0.2, 0) is 6.42 Å². The normalized spacial score (nSPS) is 21.8. The summed E-state index contributed by atoms with van der Waals surface area (Å²) in [4.78, 5) is 2.58. The molecule has 0 radical (unpaired) electrons. The van der Waals surface area contributed by atoms with E-state index >= 15 is 0 Å². The van der Waals surface area contributed by atoms with Gasteiger partial charge in [0.2, 0.25) is 0 Å². The summed E-state index contributed by atoms with van der Waals surface area (Å²) in [6.07, 6.45) is 1.16. The van der Waals surface area contributed by atoms with Crippen LogP contribution in [0.4, 0.5) is 0 Å². The largest absolute Gasteiger partial charge is 0.315 e. The standard InChI is InChI=1S/C13H22N2S2/c1-12-10-15(7-9-17-12)6-5-14-4-2-13-3-8-16-11-13/h3,8,11-12,14H,2,4-7,9-10H2,1H3. The van der Waals surface area contributed by atoms with E-state index in [4.69, 9.17) is 0 Å². The molecule has 0 saturated carbocycles. The highest BCUT2D eigenvalue weighted by Gasteiger charge is 2.15. The van der Waals surface area contributed by atoms with Gasteiger partial charge in [-0.15, -0.1) is 0 Å². The van der Waals surface area contributed by atoms with Crippen LogP contribution in [0.5, 0.6) is 0 Å². The summed E-state index contributed by atoms with van der Waals surface area (Å²) in [5.74, 6) is 1.30. The fraction of sp³-hybridized carbons (Fsp3) is 0.692. The predicted molar refractivity (Wildman–Crippen MR) is 79.3 cm³/mol. The lowest BCUT2D eigenvalue weighted by Gasteiger charge is -2.30. The first-order valence-electron chi connectivity index (χ1n) is 6.40. The Balaban J connectivity index is 1.51. The van der Waals surface area contributed by atoms with Crippen molar-refractivity contribution >= 4 is 23.1 Å². The highest BCUT2D eigenvalue weighted by molar-refractivity contribution is 7.99. The van der Waals surface area contributed by atoms with Gasteiger partial charge in [-0.25, -0.2) is 0 Å². The Morgan fingerprint density at radius 1 is 1.47 bits per heavy atom. The maximum absolute atomic E-state index is 3.54. The third kappa shape index (κ3) is 5.00. The van der Waals surface area contributed by atoms with Crippen LogP contribution < -0.4 is 5.32 Å². The Hall–Kier alpha value is -0.0300. The molecule has 1 aliphatic heterocycles. The molecular weight excluding hydrogens is 248 g/mol. The average molecular weight is 270 g/mol. The maximum atomic E-state index is 3.54. The second kappa shape index (κ2) is 7.41. The van der Waals surface area contributed by atoms with Gasteiger partial charge < -0.3 is 10.2 Å². The van der Waals surface area contributed by atoms with Crippen molar-refractivity contribution in [2.45, 2.75) is 18.6 Å². The minimum Gasteiger partial charge on any atom is -0.315 e. The number of hydrogen-bond donors (Lipinski definition) is 1. The van der Waals surface area contributed by atoms with E-state index in [1.165, 1.54) is 31.0 Å². The Morgan fingerprint density at radius 3 is 3.18 bits per heavy atom. The summed E-state index contributed by atoms with van der Waals surface area (Å²) in [7, 11) is 0. The van der Waals surface area contributed by atoms with Crippen LogP contribution in [0, 0.1) is 0 Å². The second-order valence-corrected chi connectivity index (χ2v) is 6.94. The molecule has 2 heterocycles. The average Bonchev–Trinajstić information content (AvgIpc) is 2.82. The summed E-state index contributed by atoms with van der Waals surface area (Å²) in [5, 5.41) is 8.75. The minimum atomic E-state index is 0.814. The highest BCUT2D eigenvalue weighted by atomic mass is 32.2. The van der Waals surface area contributed by atoms with Crippen molar-refractivity contribution in [3.8, 4) is 0 Å². The third-order valence-corrected chi connectivity index (χ3v) is 4.97. The summed E-state index contributed by atoms with van der Waals surface area (Å²) >= 11 is 3.89. The highest BCUT2D eigenvalue weighted by Crippen LogP contribution is 2.16. The van der Waals surface area contributed by atoms with E-state index in [2.05, 4.69) is 45.7 Å². The van der Waals surface area contributed by atoms with Crippen LogP contribution >= 0.6 is 23.1 Å². The molecule has 0 amide bonds. The quantitative estimate of drug-likeness (QED) is 0.799. The minimum absolute atomic E-state index is 0.814. The summed E-state index contributed by atoms with van der Waals surface area (Å²) in [5.41, 5.74) is 1.46. The van der Waals surface area contributed by atoms with Gasteiger partial charge in [-0.1, -0.05) is 6.92 Å². The molecule has 1 aliphatic rings. The van der Waals surface area contributed by atoms with Gasteiger partial charge in [-0.3, -0.25) is 0 Å². The molecule has 2 nitrogen and oxygen atoms in total. The van der Waals surface area contributed by atoms with E-state index in [1.54, 1.807) is 11.3 Å². The molecule has 1 aromatic rings. The summed E-state index contributed by atoms with van der Waals surface area (Å²) < 4.78 is 0. The monoisotopic (exact) mass is 270 g/mol. The van der Waals surface area contributed by atoms with Crippen molar-refractivity contribution in [3.63, 3.8) is 0 Å². The maximum Gasteiger partial charge on any atom is 0.0147 e. The fourth-order valence-corrected chi connectivity index (χ4v) is 3.91. The van der Waals surface area contributed by atoms with Crippen molar-refractivity contribution in [1.29, 1.82) is 0 Å². The number of nitrogens with one attached hydrogen (secondary N) is 1. The zero-order valence-electron chi connectivity index (χ0n) is 10.5. The molecule has 0 bridgehead atoms. The van der Waals surface area contributed by atoms with Gasteiger partial charge in [0.25, 0.3) is 0 Å². The molecule has 4 heteroatoms. The van der Waals surface area contributed by atoms with Crippen LogP contribution in [0.2, 0.25) is 0 Å². The van der Waals surface area contributed by atoms with E-state index in [0.29, 0.717) is 0 Å². The van der Waals surface area contributed by atoms with E-state index in [1.807, 2.05) is 0 Å². The number of nitrogens with zero attached hydrogens (tertiary/aromatic N) is 1. The molecule has 0 aromatic carbocycles. The number of hydrogen-bond acceptors (Lipinski definition) is 4. The molecule has 1 unspecified atom stereocenters. The van der Waals surface area contributed by atoms with Crippen molar-refractivity contribution in [1.82, 2.24) is 10.2 Å². The van der Waals surface area contributed by atoms with E-state index in [-0.39, 0.29) is 0 Å². The van der Waals surface area contributed by atoms with Gasteiger partial charge in [0.15, 0.2) is 0 Å². The van der Waals surface area contributed by atoms with Gasteiger partial charge in [-0.05, 0) is 35.4 Å². The lowest BCUT2D eigenvalue weighted by molar-refractivity contribution is 0.286. The molecule has 96 valence electrons. The Labute approximate surface area is 113 Å². The zero-order chi connectivity index (χ0) is 11.9. The molecule has 0 aliphatic carbocycles. The molecule has 2 rings (SSSR count). The smallest absolute Gasteiger partial charge is 0.0147 e. The van der Waals surface area contributed by atoms with Gasteiger partial charge in [0.05, 0.1) is 0 Å². The van der Waals surface area contributed by atoms with E-state index in [0.717, 1.165) is 24.8 Å². The Kier molecular flexibility index (Phi) is 5.85. The fourth-order valence-electron chi connectivity index (χ4n) is 2.12. The zero-order valence-corrected chi connectivity index (χ0v) is 12.2. The second-order valence-electron chi connectivity index (χ2n) is 4.61. The first-order valence-corrected chi connectivity index (χ1v) is 8.39. The van der Waals surface area contributed by atoms with Crippen LogP contribution in [-0.4, -0.2) is 48.6 Å². The van der Waals surface area contributed by atoms with E-state index < -0.39 is 0 Å². The van der Waals surface area contributed by atoms with Crippen molar-refractivity contribution in [2.24, 2.45) is 0 Å². The van der Waals surface area contributed by atoms with Gasteiger partial charge in [0.1, 0.15) is 0 Å². The van der Waals surface area contributed by atoms with Crippen molar-refractivity contribution in [3.05, 3.63) is 22.4 Å². The topological polar surface area (TPSA) is 15.3 Å². The lowest BCUT2D eigenvalue weighted by Crippen LogP contribution is -2.40. The molecule has 1 aromatic heterocycles. The summed E-state index contributed by atoms with van der Waals surface area (Å²) in [6.45, 7) is 8.30. The Morgan fingerprint density at radius 2 is 2.41 bits per heavy atom. The Bertz CT molecular complexity index is 300. The predicted octanol–water partition coefficient (Wildman–Crippen LogP) is 2.32. The van der Waals surface area contributed by atoms with Crippen LogP contribution in [0.1, 0.15) is 12.5 Å². The third-order valence-electron chi connectivity index (χ3n) is 3.10. The van der Waals surface area contributed by atoms with E-state index in [9.17, 15) is 0 Å².